The van der Waals surface area contributed by atoms with Crippen LogP contribution in [0.4, 0.5) is 16.0 Å². The second kappa shape index (κ2) is 9.86. The minimum absolute atomic E-state index is 0.250. The van der Waals surface area contributed by atoms with Gasteiger partial charge in [0.05, 0.1) is 11.9 Å². The number of halogens is 1. The van der Waals surface area contributed by atoms with Crippen molar-refractivity contribution in [2.24, 2.45) is 0 Å². The standard InChI is InChI=1S/C21H23FN6.CO2/c1-14-13-27(10-11-28(14)19-12-23-8-9-24-19)21-16(3)15(2)20(25-26-21)17-4-6-18(22)7-5-17;2-1-3/h4-9,12,14H,10-11,13H2,1-3H3;/t14-;/m1./s1. The van der Waals surface area contributed by atoms with Crippen LogP contribution >= 0.6 is 0 Å². The largest absolute Gasteiger partial charge is 0.373 e. The van der Waals surface area contributed by atoms with Crippen molar-refractivity contribution in [1.82, 2.24) is 20.2 Å². The van der Waals surface area contributed by atoms with E-state index in [2.05, 4.69) is 43.8 Å². The molecular formula is C22H23FN6O2. The summed E-state index contributed by atoms with van der Waals surface area (Å²) in [6.45, 7) is 8.83. The van der Waals surface area contributed by atoms with E-state index in [1.54, 1.807) is 30.7 Å². The normalized spacial score (nSPS) is 15.7. The molecule has 0 saturated carbocycles. The summed E-state index contributed by atoms with van der Waals surface area (Å²) < 4.78 is 13.2. The number of rotatable bonds is 3. The van der Waals surface area contributed by atoms with Gasteiger partial charge in [-0.15, -0.1) is 10.2 Å². The smallest absolute Gasteiger partial charge is 0.351 e. The first kappa shape index (κ1) is 22.0. The van der Waals surface area contributed by atoms with Gasteiger partial charge in [0.15, 0.2) is 5.82 Å². The minimum atomic E-state index is -0.252. The lowest BCUT2D eigenvalue weighted by atomic mass is 10.0. The van der Waals surface area contributed by atoms with Gasteiger partial charge in [-0.1, -0.05) is 0 Å². The Bertz CT molecular complexity index is 1060. The molecule has 0 amide bonds. The Morgan fingerprint density at radius 2 is 1.74 bits per heavy atom. The molecular weight excluding hydrogens is 399 g/mol. The molecule has 3 aromatic rings. The monoisotopic (exact) mass is 422 g/mol. The highest BCUT2D eigenvalue weighted by Gasteiger charge is 2.27. The van der Waals surface area contributed by atoms with Crippen LogP contribution in [0.3, 0.4) is 0 Å². The SMILES string of the molecule is Cc1c(-c2ccc(F)cc2)nnc(N2CCN(c3cnccn3)[C@H](C)C2)c1C.O=C=O. The van der Waals surface area contributed by atoms with E-state index in [-0.39, 0.29) is 18.0 Å². The summed E-state index contributed by atoms with van der Waals surface area (Å²) in [5.74, 6) is 1.56. The first-order chi connectivity index (χ1) is 15.0. The molecule has 8 nitrogen and oxygen atoms in total. The lowest BCUT2D eigenvalue weighted by molar-refractivity contribution is -0.191. The summed E-state index contributed by atoms with van der Waals surface area (Å²) in [4.78, 5) is 29.4. The molecule has 1 aromatic carbocycles. The van der Waals surface area contributed by atoms with Crippen LogP contribution in [0.5, 0.6) is 0 Å². The quantitative estimate of drug-likeness (QED) is 0.636. The molecule has 0 unspecified atom stereocenters. The fraction of sp³-hybridized carbons (Fsp3) is 0.318. The van der Waals surface area contributed by atoms with Crippen LogP contribution in [0.2, 0.25) is 0 Å². The highest BCUT2D eigenvalue weighted by molar-refractivity contribution is 5.67. The lowest BCUT2D eigenvalue weighted by Gasteiger charge is -2.41. The van der Waals surface area contributed by atoms with Crippen molar-refractivity contribution >= 4 is 17.8 Å². The summed E-state index contributed by atoms with van der Waals surface area (Å²) >= 11 is 0. The van der Waals surface area contributed by atoms with Gasteiger partial charge >= 0.3 is 6.15 Å². The van der Waals surface area contributed by atoms with Crippen molar-refractivity contribution < 1.29 is 14.0 Å². The van der Waals surface area contributed by atoms with Gasteiger partial charge in [-0.05, 0) is 56.2 Å². The van der Waals surface area contributed by atoms with E-state index in [0.29, 0.717) is 0 Å². The van der Waals surface area contributed by atoms with Gasteiger partial charge in [-0.2, -0.15) is 9.59 Å². The van der Waals surface area contributed by atoms with Gasteiger partial charge in [0.2, 0.25) is 0 Å². The maximum absolute atomic E-state index is 13.2. The van der Waals surface area contributed by atoms with Crippen molar-refractivity contribution in [3.63, 3.8) is 0 Å². The third-order valence-corrected chi connectivity index (χ3v) is 5.39. The third-order valence-electron chi connectivity index (χ3n) is 5.39. The number of anilines is 2. The second-order valence-corrected chi connectivity index (χ2v) is 7.26. The zero-order chi connectivity index (χ0) is 22.4. The predicted molar refractivity (Wildman–Crippen MR) is 113 cm³/mol. The van der Waals surface area contributed by atoms with Crippen LogP contribution in [-0.4, -0.2) is 52.0 Å². The average molecular weight is 422 g/mol. The van der Waals surface area contributed by atoms with Crippen LogP contribution in [0.15, 0.2) is 42.9 Å². The number of benzene rings is 1. The molecule has 1 atom stereocenters. The zero-order valence-electron chi connectivity index (χ0n) is 17.6. The number of hydrogen-bond donors (Lipinski definition) is 0. The fourth-order valence-corrected chi connectivity index (χ4v) is 3.70. The van der Waals surface area contributed by atoms with Crippen LogP contribution in [0.25, 0.3) is 11.3 Å². The number of nitrogens with zero attached hydrogens (tertiary/aromatic N) is 6. The third kappa shape index (κ3) is 4.90. The van der Waals surface area contributed by atoms with Gasteiger partial charge in [0.1, 0.15) is 11.6 Å². The molecule has 1 fully saturated rings. The molecule has 9 heteroatoms. The number of hydrogen-bond acceptors (Lipinski definition) is 8. The molecule has 0 aliphatic carbocycles. The molecule has 0 N–H and O–H groups in total. The molecule has 160 valence electrons. The molecule has 1 aliphatic heterocycles. The summed E-state index contributed by atoms with van der Waals surface area (Å²) in [6.07, 6.45) is 5.47. The van der Waals surface area contributed by atoms with E-state index in [9.17, 15) is 4.39 Å². The Morgan fingerprint density at radius 3 is 2.35 bits per heavy atom. The highest BCUT2D eigenvalue weighted by atomic mass is 19.1. The van der Waals surface area contributed by atoms with Crippen molar-refractivity contribution in [1.29, 1.82) is 0 Å². The van der Waals surface area contributed by atoms with Gasteiger partial charge in [0.25, 0.3) is 0 Å². The minimum Gasteiger partial charge on any atom is -0.351 e. The van der Waals surface area contributed by atoms with Crippen molar-refractivity contribution in [3.05, 3.63) is 59.8 Å². The van der Waals surface area contributed by atoms with Crippen LogP contribution in [0.1, 0.15) is 18.1 Å². The van der Waals surface area contributed by atoms with E-state index in [4.69, 9.17) is 9.59 Å². The summed E-state index contributed by atoms with van der Waals surface area (Å²) in [5.41, 5.74) is 3.85. The first-order valence-electron chi connectivity index (χ1n) is 9.83. The fourth-order valence-electron chi connectivity index (χ4n) is 3.70. The Balaban J connectivity index is 0.000000858. The van der Waals surface area contributed by atoms with Crippen molar-refractivity contribution in [3.8, 4) is 11.3 Å². The highest BCUT2D eigenvalue weighted by Crippen LogP contribution is 2.29. The van der Waals surface area contributed by atoms with Gasteiger partial charge in [-0.25, -0.2) is 9.37 Å². The average Bonchev–Trinajstić information content (AvgIpc) is 2.77. The lowest BCUT2D eigenvalue weighted by Crippen LogP contribution is -2.53. The van der Waals surface area contributed by atoms with E-state index in [0.717, 1.165) is 53.7 Å². The Hall–Kier alpha value is -3.71. The molecule has 31 heavy (non-hydrogen) atoms. The molecule has 0 bridgehead atoms. The van der Waals surface area contributed by atoms with Crippen molar-refractivity contribution in [2.45, 2.75) is 26.8 Å². The number of piperazine rings is 1. The number of aromatic nitrogens is 4. The molecule has 0 spiro atoms. The van der Waals surface area contributed by atoms with E-state index in [1.807, 2.05) is 6.92 Å². The van der Waals surface area contributed by atoms with Gasteiger partial charge in [0, 0.05) is 43.6 Å². The van der Waals surface area contributed by atoms with E-state index >= 15 is 0 Å². The van der Waals surface area contributed by atoms with Gasteiger partial charge < -0.3 is 9.80 Å². The Labute approximate surface area is 179 Å². The second-order valence-electron chi connectivity index (χ2n) is 7.26. The first-order valence-corrected chi connectivity index (χ1v) is 9.83. The Morgan fingerprint density at radius 1 is 1.03 bits per heavy atom. The summed E-state index contributed by atoms with van der Waals surface area (Å²) in [5, 5.41) is 9.00. The zero-order valence-corrected chi connectivity index (χ0v) is 17.6. The maximum Gasteiger partial charge on any atom is 0.373 e. The molecule has 1 saturated heterocycles. The van der Waals surface area contributed by atoms with Crippen LogP contribution in [0, 0.1) is 19.7 Å². The molecule has 3 heterocycles. The number of carbonyl (C=O) groups excluding carboxylic acids is 2. The van der Waals surface area contributed by atoms with Crippen molar-refractivity contribution in [2.75, 3.05) is 29.4 Å². The van der Waals surface area contributed by atoms with Crippen LogP contribution in [-0.2, 0) is 9.59 Å². The Kier molecular flexibility index (Phi) is 6.99. The van der Waals surface area contributed by atoms with Gasteiger partial charge in [-0.3, -0.25) is 4.98 Å². The summed E-state index contributed by atoms with van der Waals surface area (Å²) in [7, 11) is 0. The topological polar surface area (TPSA) is 92.2 Å². The summed E-state index contributed by atoms with van der Waals surface area (Å²) in [6, 6.07) is 6.67. The molecule has 0 radical (unpaired) electrons. The maximum atomic E-state index is 13.2. The molecule has 1 aliphatic rings. The van der Waals surface area contributed by atoms with Crippen LogP contribution < -0.4 is 9.80 Å². The van der Waals surface area contributed by atoms with E-state index in [1.165, 1.54) is 12.1 Å². The molecule has 2 aromatic heterocycles. The molecule has 4 rings (SSSR count). The predicted octanol–water partition coefficient (Wildman–Crippen LogP) is 2.82. The van der Waals surface area contributed by atoms with E-state index < -0.39 is 0 Å².